The Labute approximate surface area is 316 Å². The molecule has 0 fully saturated rings. The minimum absolute atomic E-state index is 0.759. The van der Waals surface area contributed by atoms with Gasteiger partial charge in [0.05, 0.1) is 77.6 Å². The van der Waals surface area contributed by atoms with E-state index in [0.29, 0.717) is 0 Å². The van der Waals surface area contributed by atoms with Gasteiger partial charge in [0.2, 0.25) is 23.1 Å². The lowest BCUT2D eigenvalue weighted by Gasteiger charge is -2.10. The summed E-state index contributed by atoms with van der Waals surface area (Å²) in [4.78, 5) is 21.2. The van der Waals surface area contributed by atoms with Gasteiger partial charge in [0.15, 0.2) is 0 Å². The summed E-state index contributed by atoms with van der Waals surface area (Å²) in [7, 11) is 0. The third-order valence-electron chi connectivity index (χ3n) is 11.1. The summed E-state index contributed by atoms with van der Waals surface area (Å²) in [6, 6.07) is 58.8. The Hall–Kier alpha value is -7.98. The largest absolute Gasteiger partial charge is 0.276 e. The number of nitrogens with zero attached hydrogens (tertiary/aromatic N) is 10. The number of imidazole rings is 4. The van der Waals surface area contributed by atoms with Crippen molar-refractivity contribution in [2.45, 2.75) is 0 Å². The lowest BCUT2D eigenvalue weighted by atomic mass is 10.2. The minimum atomic E-state index is 0.759. The van der Waals surface area contributed by atoms with Gasteiger partial charge in [0.25, 0.3) is 0 Å². The summed E-state index contributed by atoms with van der Waals surface area (Å²) in [5.41, 5.74) is 13.7. The van der Waals surface area contributed by atoms with Crippen molar-refractivity contribution in [2.75, 3.05) is 0 Å². The lowest BCUT2D eigenvalue weighted by Crippen LogP contribution is -2.04. The quantitative estimate of drug-likeness (QED) is 0.178. The molecule has 262 valence electrons. The molecular formula is C46H28N10. The van der Waals surface area contributed by atoms with Crippen molar-refractivity contribution in [3.05, 3.63) is 170 Å². The van der Waals surface area contributed by atoms with Gasteiger partial charge < -0.3 is 0 Å². The second kappa shape index (κ2) is 10.8. The third kappa shape index (κ3) is 3.83. The molecule has 6 heterocycles. The van der Waals surface area contributed by atoms with Crippen LogP contribution in [0.15, 0.2) is 170 Å². The fourth-order valence-corrected chi connectivity index (χ4v) is 8.68. The van der Waals surface area contributed by atoms with Crippen molar-refractivity contribution in [1.82, 2.24) is 46.7 Å². The van der Waals surface area contributed by atoms with Crippen molar-refractivity contribution in [1.29, 1.82) is 0 Å². The Morgan fingerprint density at radius 1 is 0.232 bits per heavy atom. The summed E-state index contributed by atoms with van der Waals surface area (Å²) >= 11 is 0. The molecule has 0 aliphatic carbocycles. The second-order valence-corrected chi connectivity index (χ2v) is 14.1. The number of para-hydroxylation sites is 12. The molecule has 0 N–H and O–H groups in total. The molecule has 10 heteroatoms. The van der Waals surface area contributed by atoms with E-state index in [0.717, 1.165) is 101 Å². The van der Waals surface area contributed by atoms with Crippen molar-refractivity contribution >= 4 is 89.3 Å². The molecule has 0 aliphatic heterocycles. The molecule has 0 spiro atoms. The van der Waals surface area contributed by atoms with Gasteiger partial charge in [-0.25, -0.2) is 29.1 Å². The second-order valence-electron chi connectivity index (χ2n) is 14.1. The average molecular weight is 721 g/mol. The van der Waals surface area contributed by atoms with Crippen LogP contribution in [0.4, 0.5) is 0 Å². The van der Waals surface area contributed by atoms with E-state index in [1.165, 1.54) is 0 Å². The molecule has 0 amide bonds. The smallest absolute Gasteiger partial charge is 0.223 e. The van der Waals surface area contributed by atoms with Crippen LogP contribution in [-0.4, -0.2) is 46.7 Å². The predicted molar refractivity (Wildman–Crippen MR) is 223 cm³/mol. The fourth-order valence-electron chi connectivity index (χ4n) is 8.68. The Bertz CT molecular complexity index is 3350. The molecule has 0 bridgehead atoms. The SMILES string of the molecule is c1ccc2c(c1)nc1n(-c3ccc(-n4c5nc6ccccc6n5c5ccccc5n5c6ccccc6nc45)cc3)c3nc4ccccc4n3c3ccccc3n21. The first-order chi connectivity index (χ1) is 27.8. The molecule has 0 radical (unpaired) electrons. The molecule has 0 unspecified atom stereocenters. The van der Waals surface area contributed by atoms with Crippen LogP contribution in [-0.2, 0) is 0 Å². The maximum Gasteiger partial charge on any atom is 0.223 e. The Kier molecular flexibility index (Phi) is 5.68. The highest BCUT2D eigenvalue weighted by molar-refractivity contribution is 5.94. The van der Waals surface area contributed by atoms with Crippen LogP contribution in [0.25, 0.3) is 101 Å². The predicted octanol–water partition coefficient (Wildman–Crippen LogP) is 9.90. The van der Waals surface area contributed by atoms with E-state index >= 15 is 0 Å². The molecule has 0 saturated heterocycles. The normalized spacial score (nSPS) is 12.3. The molecule has 0 saturated carbocycles. The maximum absolute atomic E-state index is 5.29. The van der Waals surface area contributed by atoms with Crippen molar-refractivity contribution < 1.29 is 0 Å². The van der Waals surface area contributed by atoms with Gasteiger partial charge in [0, 0.05) is 0 Å². The zero-order chi connectivity index (χ0) is 36.5. The van der Waals surface area contributed by atoms with Gasteiger partial charge in [-0.2, -0.15) is 0 Å². The van der Waals surface area contributed by atoms with Crippen LogP contribution < -0.4 is 0 Å². The monoisotopic (exact) mass is 720 g/mol. The number of fused-ring (bicyclic) bond motifs is 18. The highest BCUT2D eigenvalue weighted by atomic mass is 15.3. The summed E-state index contributed by atoms with van der Waals surface area (Å²) in [6.45, 7) is 0. The lowest BCUT2D eigenvalue weighted by molar-refractivity contribution is 1.01. The van der Waals surface area contributed by atoms with Gasteiger partial charge in [-0.1, -0.05) is 72.8 Å². The van der Waals surface area contributed by atoms with E-state index < -0.39 is 0 Å². The topological polar surface area (TPSA) is 79.1 Å². The number of benzene rings is 7. The van der Waals surface area contributed by atoms with E-state index in [2.05, 4.69) is 172 Å². The number of hydrogen-bond donors (Lipinski definition) is 0. The van der Waals surface area contributed by atoms with Crippen LogP contribution in [0.2, 0.25) is 0 Å². The van der Waals surface area contributed by atoms with Gasteiger partial charge in [-0.05, 0) is 97.1 Å². The van der Waals surface area contributed by atoms with Crippen molar-refractivity contribution in [2.24, 2.45) is 0 Å². The molecule has 0 atom stereocenters. The van der Waals surface area contributed by atoms with E-state index in [1.54, 1.807) is 0 Å². The van der Waals surface area contributed by atoms with Gasteiger partial charge in [-0.15, -0.1) is 0 Å². The van der Waals surface area contributed by atoms with Crippen molar-refractivity contribution in [3.63, 3.8) is 0 Å². The molecule has 0 aliphatic rings. The summed E-state index contributed by atoms with van der Waals surface area (Å²) in [6.07, 6.45) is 0. The highest BCUT2D eigenvalue weighted by Gasteiger charge is 2.21. The summed E-state index contributed by atoms with van der Waals surface area (Å²) in [5, 5.41) is 0. The standard InChI is InChI=1S/C46H28N10/c1-5-17-35-31(13-1)47-43-51(44-48-32-14-2-6-18-36(32)54(44)40-22-10-9-21-39(40)53(35)43)29-25-27-30(28-26-29)52-45-49-33-15-3-7-19-37(33)55(45)41-23-11-12-24-42(41)56-38-20-8-4-16-34(38)50-46(52)56/h1-28H. The number of aromatic nitrogens is 10. The van der Waals surface area contributed by atoms with Crippen LogP contribution in [0.3, 0.4) is 0 Å². The van der Waals surface area contributed by atoms with E-state index in [-0.39, 0.29) is 0 Å². The Morgan fingerprint density at radius 3 is 0.696 bits per heavy atom. The van der Waals surface area contributed by atoms with Crippen LogP contribution in [0.5, 0.6) is 0 Å². The minimum Gasteiger partial charge on any atom is -0.276 e. The zero-order valence-corrected chi connectivity index (χ0v) is 29.6. The first-order valence-corrected chi connectivity index (χ1v) is 18.6. The highest BCUT2D eigenvalue weighted by Crippen LogP contribution is 2.32. The molecule has 13 rings (SSSR count). The Balaban J connectivity index is 1.18. The number of rotatable bonds is 2. The van der Waals surface area contributed by atoms with E-state index in [1.807, 2.05) is 24.3 Å². The first-order valence-electron chi connectivity index (χ1n) is 18.6. The summed E-state index contributed by atoms with van der Waals surface area (Å²) in [5.74, 6) is 3.03. The first kappa shape index (κ1) is 29.5. The van der Waals surface area contributed by atoms with Gasteiger partial charge >= 0.3 is 0 Å². The molecule has 10 nitrogen and oxygen atoms in total. The molecule has 7 aromatic carbocycles. The van der Waals surface area contributed by atoms with Crippen LogP contribution in [0.1, 0.15) is 0 Å². The van der Waals surface area contributed by atoms with Gasteiger partial charge in [0.1, 0.15) is 0 Å². The van der Waals surface area contributed by atoms with Crippen molar-refractivity contribution in [3.8, 4) is 11.4 Å². The third-order valence-corrected chi connectivity index (χ3v) is 11.1. The molecular weight excluding hydrogens is 693 g/mol. The van der Waals surface area contributed by atoms with Crippen LogP contribution >= 0.6 is 0 Å². The average Bonchev–Trinajstić information content (AvgIpc) is 3.99. The fraction of sp³-hybridized carbons (Fsp3) is 0. The van der Waals surface area contributed by atoms with E-state index in [9.17, 15) is 0 Å². The van der Waals surface area contributed by atoms with Crippen LogP contribution in [0, 0.1) is 0 Å². The maximum atomic E-state index is 5.29. The molecule has 13 aromatic rings. The van der Waals surface area contributed by atoms with E-state index in [4.69, 9.17) is 19.9 Å². The Morgan fingerprint density at radius 2 is 0.446 bits per heavy atom. The summed E-state index contributed by atoms with van der Waals surface area (Å²) < 4.78 is 13.3. The molecule has 56 heavy (non-hydrogen) atoms. The number of hydrogen-bond acceptors (Lipinski definition) is 4. The zero-order valence-electron chi connectivity index (χ0n) is 29.6. The molecule has 6 aromatic heterocycles. The van der Waals surface area contributed by atoms with Gasteiger partial charge in [-0.3, -0.25) is 17.6 Å².